The Morgan fingerprint density at radius 2 is 1.41 bits per heavy atom. The van der Waals surface area contributed by atoms with Crippen LogP contribution in [-0.4, -0.2) is 37.1 Å². The summed E-state index contributed by atoms with van der Waals surface area (Å²) < 4.78 is 5.63. The topological polar surface area (TPSA) is 123 Å². The normalized spacial score (nSPS) is 12.7. The lowest BCUT2D eigenvalue weighted by Crippen LogP contribution is -2.44. The van der Waals surface area contributed by atoms with E-state index < -0.39 is 12.1 Å². The predicted octanol–water partition coefficient (Wildman–Crippen LogP) is 4.62. The Balaban J connectivity index is 1.39. The molecule has 3 aromatic rings. The second-order valence-corrected chi connectivity index (χ2v) is 9.05. The van der Waals surface area contributed by atoms with Gasteiger partial charge in [0.1, 0.15) is 12.6 Å². The maximum absolute atomic E-state index is 13.0. The fourth-order valence-electron chi connectivity index (χ4n) is 4.61. The van der Waals surface area contributed by atoms with Crippen molar-refractivity contribution in [3.05, 3.63) is 83.9 Å². The molecule has 0 saturated heterocycles. The van der Waals surface area contributed by atoms with Gasteiger partial charge in [-0.25, -0.2) is 4.79 Å². The second kappa shape index (κ2) is 12.2. The first-order valence-corrected chi connectivity index (χ1v) is 12.5. The molecular weight excluding hydrogens is 468 g/mol. The van der Waals surface area contributed by atoms with E-state index in [1.54, 1.807) is 24.3 Å². The monoisotopic (exact) mass is 500 g/mol. The Hall–Kier alpha value is -4.17. The lowest BCUT2D eigenvalue weighted by atomic mass is 9.98. The molecule has 0 unspecified atom stereocenters. The zero-order valence-electron chi connectivity index (χ0n) is 20.8. The summed E-state index contributed by atoms with van der Waals surface area (Å²) >= 11 is 0. The third-order valence-electron chi connectivity index (χ3n) is 6.37. The van der Waals surface area contributed by atoms with E-state index in [0.29, 0.717) is 30.8 Å². The number of nitrogens with one attached hydrogen (secondary N) is 3. The van der Waals surface area contributed by atoms with E-state index in [0.717, 1.165) is 28.7 Å². The minimum atomic E-state index is -0.780. The third-order valence-corrected chi connectivity index (χ3v) is 6.37. The smallest absolute Gasteiger partial charge is 0.407 e. The summed E-state index contributed by atoms with van der Waals surface area (Å²) in [5, 5.41) is 8.24. The molecule has 3 aromatic carbocycles. The summed E-state index contributed by atoms with van der Waals surface area (Å²) in [4.78, 5) is 37.0. The van der Waals surface area contributed by atoms with Crippen molar-refractivity contribution >= 4 is 29.3 Å². The van der Waals surface area contributed by atoms with Crippen LogP contribution in [0, 0.1) is 0 Å². The van der Waals surface area contributed by atoms with Crippen molar-refractivity contribution < 1.29 is 19.1 Å². The van der Waals surface area contributed by atoms with Gasteiger partial charge in [0.25, 0.3) is 0 Å². The molecule has 3 amide bonds. The number of unbranched alkanes of at least 4 members (excludes halogenated alkanes) is 1. The van der Waals surface area contributed by atoms with Crippen molar-refractivity contribution in [1.29, 1.82) is 0 Å². The molecule has 0 bridgehead atoms. The Bertz CT molecular complexity index is 1210. The highest BCUT2D eigenvalue weighted by molar-refractivity contribution is 5.97. The minimum Gasteiger partial charge on any atom is -0.449 e. The van der Waals surface area contributed by atoms with Gasteiger partial charge in [0, 0.05) is 24.2 Å². The Morgan fingerprint density at radius 1 is 0.838 bits per heavy atom. The van der Waals surface area contributed by atoms with Gasteiger partial charge in [-0.3, -0.25) is 9.59 Å². The molecule has 4 rings (SSSR count). The third kappa shape index (κ3) is 6.54. The first-order chi connectivity index (χ1) is 18.0. The SMILES string of the molecule is CC(=O)Nc1ccc(NC(=O)[C@H](CCCCN)NC(=O)OCC2c3ccccc3-c3ccccc32)cc1. The van der Waals surface area contributed by atoms with E-state index in [4.69, 9.17) is 10.5 Å². The zero-order valence-corrected chi connectivity index (χ0v) is 20.8. The summed E-state index contributed by atoms with van der Waals surface area (Å²) in [7, 11) is 0. The summed E-state index contributed by atoms with van der Waals surface area (Å²) in [6.45, 7) is 2.10. The highest BCUT2D eigenvalue weighted by Gasteiger charge is 2.29. The molecule has 0 fully saturated rings. The van der Waals surface area contributed by atoms with E-state index in [-0.39, 0.29) is 24.3 Å². The first kappa shape index (κ1) is 25.9. The summed E-state index contributed by atoms with van der Waals surface area (Å²) in [5.74, 6) is -0.591. The van der Waals surface area contributed by atoms with E-state index in [1.165, 1.54) is 6.92 Å². The van der Waals surface area contributed by atoms with Gasteiger partial charge in [0.05, 0.1) is 0 Å². The molecule has 0 aliphatic heterocycles. The van der Waals surface area contributed by atoms with Crippen LogP contribution in [-0.2, 0) is 14.3 Å². The number of hydrogen-bond acceptors (Lipinski definition) is 5. The van der Waals surface area contributed by atoms with Gasteiger partial charge in [-0.15, -0.1) is 0 Å². The number of amides is 3. The van der Waals surface area contributed by atoms with E-state index >= 15 is 0 Å². The molecule has 0 spiro atoms. The number of anilines is 2. The van der Waals surface area contributed by atoms with Crippen LogP contribution in [0.5, 0.6) is 0 Å². The quantitative estimate of drug-likeness (QED) is 0.303. The fourth-order valence-corrected chi connectivity index (χ4v) is 4.61. The van der Waals surface area contributed by atoms with Crippen molar-refractivity contribution in [3.8, 4) is 11.1 Å². The van der Waals surface area contributed by atoms with Crippen molar-refractivity contribution in [2.75, 3.05) is 23.8 Å². The van der Waals surface area contributed by atoms with Crippen LogP contribution in [0.1, 0.15) is 43.2 Å². The van der Waals surface area contributed by atoms with E-state index in [2.05, 4.69) is 40.2 Å². The van der Waals surface area contributed by atoms with Gasteiger partial charge in [-0.05, 0) is 72.3 Å². The highest BCUT2D eigenvalue weighted by atomic mass is 16.5. The average molecular weight is 501 g/mol. The van der Waals surface area contributed by atoms with Crippen LogP contribution in [0.2, 0.25) is 0 Å². The van der Waals surface area contributed by atoms with Gasteiger partial charge in [0.2, 0.25) is 11.8 Å². The van der Waals surface area contributed by atoms with E-state index in [1.807, 2.05) is 24.3 Å². The van der Waals surface area contributed by atoms with Crippen molar-refractivity contribution in [1.82, 2.24) is 5.32 Å². The van der Waals surface area contributed by atoms with Crippen molar-refractivity contribution in [2.45, 2.75) is 38.1 Å². The second-order valence-electron chi connectivity index (χ2n) is 9.05. The van der Waals surface area contributed by atoms with E-state index in [9.17, 15) is 14.4 Å². The molecule has 0 aromatic heterocycles. The number of rotatable bonds is 10. The maximum atomic E-state index is 13.0. The molecule has 8 nitrogen and oxygen atoms in total. The van der Waals surface area contributed by atoms with Crippen LogP contribution >= 0.6 is 0 Å². The lowest BCUT2D eigenvalue weighted by Gasteiger charge is -2.20. The molecule has 0 heterocycles. The van der Waals surface area contributed by atoms with Crippen LogP contribution in [0.25, 0.3) is 11.1 Å². The molecule has 1 atom stereocenters. The van der Waals surface area contributed by atoms with Gasteiger partial charge in [-0.2, -0.15) is 0 Å². The molecule has 192 valence electrons. The molecule has 37 heavy (non-hydrogen) atoms. The Morgan fingerprint density at radius 3 is 1.97 bits per heavy atom. The number of fused-ring (bicyclic) bond motifs is 3. The van der Waals surface area contributed by atoms with Gasteiger partial charge in [-0.1, -0.05) is 48.5 Å². The lowest BCUT2D eigenvalue weighted by molar-refractivity contribution is -0.118. The summed E-state index contributed by atoms with van der Waals surface area (Å²) in [6, 6.07) is 22.2. The minimum absolute atomic E-state index is 0.0650. The molecule has 0 saturated carbocycles. The van der Waals surface area contributed by atoms with Gasteiger partial charge >= 0.3 is 6.09 Å². The van der Waals surface area contributed by atoms with Gasteiger partial charge in [0.15, 0.2) is 0 Å². The number of carbonyl (C=O) groups excluding carboxylic acids is 3. The van der Waals surface area contributed by atoms with Crippen LogP contribution in [0.15, 0.2) is 72.8 Å². The van der Waals surface area contributed by atoms with Crippen LogP contribution < -0.4 is 21.7 Å². The molecule has 1 aliphatic carbocycles. The van der Waals surface area contributed by atoms with Crippen molar-refractivity contribution in [2.24, 2.45) is 5.73 Å². The molecule has 8 heteroatoms. The number of ether oxygens (including phenoxy) is 1. The first-order valence-electron chi connectivity index (χ1n) is 12.5. The zero-order chi connectivity index (χ0) is 26.2. The van der Waals surface area contributed by atoms with Gasteiger partial charge < -0.3 is 26.4 Å². The molecule has 1 aliphatic rings. The number of carbonyl (C=O) groups is 3. The molecule has 0 radical (unpaired) electrons. The summed E-state index contributed by atoms with van der Waals surface area (Å²) in [6.07, 6.45) is 1.20. The average Bonchev–Trinajstić information content (AvgIpc) is 3.21. The number of nitrogens with two attached hydrogens (primary N) is 1. The maximum Gasteiger partial charge on any atom is 0.407 e. The largest absolute Gasteiger partial charge is 0.449 e. The molecule has 5 N–H and O–H groups in total. The van der Waals surface area contributed by atoms with Crippen LogP contribution in [0.4, 0.5) is 16.2 Å². The highest BCUT2D eigenvalue weighted by Crippen LogP contribution is 2.44. The number of benzene rings is 3. The van der Waals surface area contributed by atoms with Crippen LogP contribution in [0.3, 0.4) is 0 Å². The standard InChI is InChI=1S/C29H32N4O4/c1-19(34)31-20-13-15-21(16-14-20)32-28(35)27(12-6-7-17-30)33-29(36)37-18-26-24-10-4-2-8-22(24)23-9-3-5-11-25(23)26/h2-5,8-11,13-16,26-27H,6-7,12,17-18,30H2,1H3,(H,31,34)(H,32,35)(H,33,36)/t27-/m0/s1. The number of hydrogen-bond donors (Lipinski definition) is 4. The van der Waals surface area contributed by atoms with Crippen molar-refractivity contribution in [3.63, 3.8) is 0 Å². The number of alkyl carbamates (subject to hydrolysis) is 1. The summed E-state index contributed by atoms with van der Waals surface area (Å²) in [5.41, 5.74) is 11.3. The Labute approximate surface area is 216 Å². The fraction of sp³-hybridized carbons (Fsp3) is 0.276. The Kier molecular flexibility index (Phi) is 8.53. The molecular formula is C29H32N4O4. The predicted molar refractivity (Wildman–Crippen MR) is 144 cm³/mol.